The minimum Gasteiger partial charge on any atom is -0.497 e. The predicted octanol–water partition coefficient (Wildman–Crippen LogP) is 2.54. The van der Waals surface area contributed by atoms with Gasteiger partial charge in [0.05, 0.1) is 7.11 Å². The summed E-state index contributed by atoms with van der Waals surface area (Å²) in [5, 5.41) is 0.883. The lowest BCUT2D eigenvalue weighted by atomic mass is 10.3. The third-order valence-corrected chi connectivity index (χ3v) is 3.69. The van der Waals surface area contributed by atoms with E-state index < -0.39 is 0 Å². The topological polar surface area (TPSA) is 73.1 Å². The molecule has 2 aromatic rings. The maximum atomic E-state index is 5.46. The highest BCUT2D eigenvalue weighted by Crippen LogP contribution is 2.32. The van der Waals surface area contributed by atoms with Gasteiger partial charge >= 0.3 is 0 Å². The van der Waals surface area contributed by atoms with Crippen molar-refractivity contribution in [3.8, 4) is 5.75 Å². The maximum absolute atomic E-state index is 5.46. The molecule has 0 unspecified atom stereocenters. The molecule has 1 aromatic carbocycles. The summed E-state index contributed by atoms with van der Waals surface area (Å²) >= 11 is 1.56. The summed E-state index contributed by atoms with van der Waals surface area (Å²) in [4.78, 5) is 9.75. The molecule has 0 aliphatic heterocycles. The molecule has 1 aromatic heterocycles. The van der Waals surface area contributed by atoms with Gasteiger partial charge in [0.1, 0.15) is 22.4 Å². The number of nitrogens with zero attached hydrogens (tertiary/aromatic N) is 2. The molecule has 0 saturated carbocycles. The average Bonchev–Trinajstić information content (AvgIpc) is 2.42. The van der Waals surface area contributed by atoms with Crippen LogP contribution in [-0.2, 0) is 0 Å². The van der Waals surface area contributed by atoms with Crippen LogP contribution < -0.4 is 16.0 Å². The molecule has 0 bridgehead atoms. The Kier molecular flexibility index (Phi) is 4.24. The number of nitrogens with one attached hydrogen (secondary N) is 1. The van der Waals surface area contributed by atoms with E-state index in [1.54, 1.807) is 18.9 Å². The van der Waals surface area contributed by atoms with E-state index >= 15 is 0 Å². The number of hydrazine groups is 1. The molecule has 0 radical (unpaired) electrons. The maximum Gasteiger partial charge on any atom is 0.147 e. The van der Waals surface area contributed by atoms with Crippen molar-refractivity contribution in [1.82, 2.24) is 9.97 Å². The molecule has 0 atom stereocenters. The van der Waals surface area contributed by atoms with Gasteiger partial charge in [0.15, 0.2) is 0 Å². The van der Waals surface area contributed by atoms with Crippen molar-refractivity contribution in [3.05, 3.63) is 35.7 Å². The van der Waals surface area contributed by atoms with Gasteiger partial charge in [-0.3, -0.25) is 0 Å². The molecule has 1 heterocycles. The minimum absolute atomic E-state index is 0.651. The highest BCUT2D eigenvalue weighted by molar-refractivity contribution is 7.99. The molecular formula is C13H16N4OS. The highest BCUT2D eigenvalue weighted by atomic mass is 32.2. The zero-order valence-corrected chi connectivity index (χ0v) is 11.9. The number of benzene rings is 1. The Morgan fingerprint density at radius 1 is 1.26 bits per heavy atom. The van der Waals surface area contributed by atoms with Gasteiger partial charge in [0.2, 0.25) is 0 Å². The molecule has 0 aliphatic rings. The summed E-state index contributed by atoms with van der Waals surface area (Å²) in [6.07, 6.45) is 0. The number of rotatable bonds is 4. The molecule has 2 rings (SSSR count). The quantitative estimate of drug-likeness (QED) is 0.508. The molecule has 6 heteroatoms. The van der Waals surface area contributed by atoms with Crippen LogP contribution in [0.15, 0.2) is 34.2 Å². The van der Waals surface area contributed by atoms with Gasteiger partial charge in [-0.1, -0.05) is 17.8 Å². The monoisotopic (exact) mass is 276 g/mol. The van der Waals surface area contributed by atoms with Crippen LogP contribution in [-0.4, -0.2) is 17.1 Å². The van der Waals surface area contributed by atoms with Gasteiger partial charge in [0.25, 0.3) is 0 Å². The Morgan fingerprint density at radius 3 is 2.74 bits per heavy atom. The summed E-state index contributed by atoms with van der Waals surface area (Å²) in [7, 11) is 1.65. The molecule has 100 valence electrons. The lowest BCUT2D eigenvalue weighted by Gasteiger charge is -2.10. The lowest BCUT2D eigenvalue weighted by Crippen LogP contribution is -2.12. The molecule has 3 N–H and O–H groups in total. The van der Waals surface area contributed by atoms with E-state index in [9.17, 15) is 0 Å². The summed E-state index contributed by atoms with van der Waals surface area (Å²) in [6.45, 7) is 3.78. The zero-order valence-electron chi connectivity index (χ0n) is 11.1. The van der Waals surface area contributed by atoms with E-state index in [-0.39, 0.29) is 0 Å². The SMILES string of the molecule is COc1cccc(Sc2nc(C)nc(NN)c2C)c1. The molecule has 5 nitrogen and oxygen atoms in total. The number of aryl methyl sites for hydroxylation is 1. The molecule has 0 spiro atoms. The lowest BCUT2D eigenvalue weighted by molar-refractivity contribution is 0.413. The van der Waals surface area contributed by atoms with E-state index in [4.69, 9.17) is 10.6 Å². The second kappa shape index (κ2) is 5.90. The van der Waals surface area contributed by atoms with Gasteiger partial charge < -0.3 is 10.2 Å². The first-order chi connectivity index (χ1) is 9.13. The van der Waals surface area contributed by atoms with E-state index in [0.29, 0.717) is 11.6 Å². The Labute approximate surface area is 116 Å². The third-order valence-electron chi connectivity index (χ3n) is 2.61. The molecule has 0 saturated heterocycles. The van der Waals surface area contributed by atoms with Crippen LogP contribution >= 0.6 is 11.8 Å². The number of hydrogen-bond donors (Lipinski definition) is 2. The average molecular weight is 276 g/mol. The van der Waals surface area contributed by atoms with Crippen LogP contribution in [0.2, 0.25) is 0 Å². The van der Waals surface area contributed by atoms with Crippen molar-refractivity contribution in [2.45, 2.75) is 23.8 Å². The number of hydrogen-bond acceptors (Lipinski definition) is 6. The smallest absolute Gasteiger partial charge is 0.147 e. The van der Waals surface area contributed by atoms with Crippen LogP contribution in [0.1, 0.15) is 11.4 Å². The number of aromatic nitrogens is 2. The normalized spacial score (nSPS) is 10.3. The molecular weight excluding hydrogens is 260 g/mol. The highest BCUT2D eigenvalue weighted by Gasteiger charge is 2.10. The third kappa shape index (κ3) is 3.15. The number of nitrogen functional groups attached to an aromatic ring is 1. The first-order valence-electron chi connectivity index (χ1n) is 5.78. The number of anilines is 1. The standard InChI is InChI=1S/C13H16N4OS/c1-8-12(17-14)15-9(2)16-13(8)19-11-6-4-5-10(7-11)18-3/h4-7H,14H2,1-3H3,(H,15,16,17). The largest absolute Gasteiger partial charge is 0.497 e. The van der Waals surface area contributed by atoms with Crippen LogP contribution in [0, 0.1) is 13.8 Å². The second-order valence-corrected chi connectivity index (χ2v) is 5.04. The van der Waals surface area contributed by atoms with Gasteiger partial charge in [-0.2, -0.15) is 0 Å². The second-order valence-electron chi connectivity index (χ2n) is 3.97. The first-order valence-corrected chi connectivity index (χ1v) is 6.59. The van der Waals surface area contributed by atoms with Crippen LogP contribution in [0.4, 0.5) is 5.82 Å². The summed E-state index contributed by atoms with van der Waals surface area (Å²) < 4.78 is 5.21. The van der Waals surface area contributed by atoms with E-state index in [2.05, 4.69) is 15.4 Å². The van der Waals surface area contributed by atoms with E-state index in [1.165, 1.54) is 0 Å². The van der Waals surface area contributed by atoms with Gasteiger partial charge in [0, 0.05) is 10.5 Å². The number of methoxy groups -OCH3 is 1. The Morgan fingerprint density at radius 2 is 2.05 bits per heavy atom. The Hall–Kier alpha value is -1.79. The Balaban J connectivity index is 2.34. The van der Waals surface area contributed by atoms with Crippen molar-refractivity contribution in [2.24, 2.45) is 5.84 Å². The van der Waals surface area contributed by atoms with E-state index in [1.807, 2.05) is 38.1 Å². The van der Waals surface area contributed by atoms with Gasteiger partial charge in [-0.25, -0.2) is 15.8 Å². The molecule has 0 amide bonds. The summed E-state index contributed by atoms with van der Waals surface area (Å²) in [5.74, 6) is 7.62. The molecule has 0 fully saturated rings. The first kappa shape index (κ1) is 13.6. The van der Waals surface area contributed by atoms with Crippen LogP contribution in [0.3, 0.4) is 0 Å². The predicted molar refractivity (Wildman–Crippen MR) is 76.4 cm³/mol. The number of nitrogens with two attached hydrogens (primary N) is 1. The fourth-order valence-electron chi connectivity index (χ4n) is 1.62. The minimum atomic E-state index is 0.651. The van der Waals surface area contributed by atoms with Gasteiger partial charge in [-0.15, -0.1) is 0 Å². The van der Waals surface area contributed by atoms with Crippen molar-refractivity contribution < 1.29 is 4.74 Å². The summed E-state index contributed by atoms with van der Waals surface area (Å²) in [5.41, 5.74) is 3.53. The number of ether oxygens (including phenoxy) is 1. The zero-order chi connectivity index (χ0) is 13.8. The van der Waals surface area contributed by atoms with Gasteiger partial charge in [-0.05, 0) is 32.0 Å². The molecule has 0 aliphatic carbocycles. The van der Waals surface area contributed by atoms with Crippen molar-refractivity contribution in [2.75, 3.05) is 12.5 Å². The van der Waals surface area contributed by atoms with Crippen molar-refractivity contribution in [3.63, 3.8) is 0 Å². The Bertz CT molecular complexity index is 589. The fraction of sp³-hybridized carbons (Fsp3) is 0.231. The van der Waals surface area contributed by atoms with E-state index in [0.717, 1.165) is 21.2 Å². The van der Waals surface area contributed by atoms with Crippen molar-refractivity contribution in [1.29, 1.82) is 0 Å². The summed E-state index contributed by atoms with van der Waals surface area (Å²) in [6, 6.07) is 7.85. The van der Waals surface area contributed by atoms with Crippen LogP contribution in [0.25, 0.3) is 0 Å². The van der Waals surface area contributed by atoms with Crippen LogP contribution in [0.5, 0.6) is 5.75 Å². The van der Waals surface area contributed by atoms with Crippen molar-refractivity contribution >= 4 is 17.6 Å². The fourth-order valence-corrected chi connectivity index (χ4v) is 2.59. The molecule has 19 heavy (non-hydrogen) atoms.